The second-order valence-electron chi connectivity index (χ2n) is 6.06. The molecule has 2 aromatic rings. The lowest BCUT2D eigenvalue weighted by Crippen LogP contribution is -2.39. The number of aromatic nitrogens is 1. The summed E-state index contributed by atoms with van der Waals surface area (Å²) in [5.74, 6) is -0.835. The summed E-state index contributed by atoms with van der Waals surface area (Å²) in [5.41, 5.74) is -0.688. The molecule has 3 rings (SSSR count). The van der Waals surface area contributed by atoms with Crippen molar-refractivity contribution in [1.29, 1.82) is 0 Å². The van der Waals surface area contributed by atoms with Crippen LogP contribution in [0, 0.1) is 6.92 Å². The minimum absolute atomic E-state index is 0.0615. The number of halogens is 3. The Bertz CT molecular complexity index is 813. The van der Waals surface area contributed by atoms with Crippen molar-refractivity contribution in [3.05, 3.63) is 46.5 Å². The summed E-state index contributed by atoms with van der Waals surface area (Å²) in [7, 11) is 0. The number of nitrogens with one attached hydrogen (secondary N) is 1. The van der Waals surface area contributed by atoms with Crippen molar-refractivity contribution in [3.63, 3.8) is 0 Å². The molecule has 1 aromatic carbocycles. The van der Waals surface area contributed by atoms with Gasteiger partial charge in [0.25, 0.3) is 5.91 Å². The van der Waals surface area contributed by atoms with E-state index in [9.17, 15) is 22.8 Å². The Hall–Kier alpha value is -2.42. The smallest absolute Gasteiger partial charge is 0.326 e. The Morgan fingerprint density at radius 1 is 1.27 bits per heavy atom. The van der Waals surface area contributed by atoms with Crippen LogP contribution in [0.4, 0.5) is 18.3 Å². The van der Waals surface area contributed by atoms with E-state index in [1.807, 2.05) is 6.92 Å². The van der Waals surface area contributed by atoms with Crippen LogP contribution < -0.4 is 5.32 Å². The molecule has 0 saturated heterocycles. The third-order valence-electron chi connectivity index (χ3n) is 3.89. The number of carbonyl (C=O) groups excluding carboxylic acids is 2. The van der Waals surface area contributed by atoms with Gasteiger partial charge in [0.1, 0.15) is 6.54 Å². The molecule has 0 radical (unpaired) electrons. The van der Waals surface area contributed by atoms with Gasteiger partial charge in [-0.15, -0.1) is 11.3 Å². The molecule has 1 heterocycles. The Morgan fingerprint density at radius 2 is 1.92 bits per heavy atom. The molecule has 5 nitrogen and oxygen atoms in total. The maximum atomic E-state index is 12.6. The van der Waals surface area contributed by atoms with E-state index in [0.717, 1.165) is 42.0 Å². The topological polar surface area (TPSA) is 62.3 Å². The van der Waals surface area contributed by atoms with Crippen molar-refractivity contribution < 1.29 is 22.8 Å². The van der Waals surface area contributed by atoms with E-state index >= 15 is 0 Å². The predicted molar refractivity (Wildman–Crippen MR) is 91.0 cm³/mol. The van der Waals surface area contributed by atoms with Gasteiger partial charge in [0, 0.05) is 22.7 Å². The molecule has 0 aliphatic heterocycles. The van der Waals surface area contributed by atoms with Crippen LogP contribution in [0.25, 0.3) is 0 Å². The minimum Gasteiger partial charge on any atom is -0.326 e. The van der Waals surface area contributed by atoms with E-state index in [0.29, 0.717) is 5.13 Å². The molecule has 0 atom stereocenters. The number of hydrogen-bond donors (Lipinski definition) is 1. The van der Waals surface area contributed by atoms with Gasteiger partial charge < -0.3 is 10.2 Å². The van der Waals surface area contributed by atoms with Crippen LogP contribution in [0.2, 0.25) is 0 Å². The van der Waals surface area contributed by atoms with Crippen LogP contribution in [-0.2, 0) is 11.0 Å². The Balaban J connectivity index is 1.69. The van der Waals surface area contributed by atoms with Crippen LogP contribution in [-0.4, -0.2) is 34.3 Å². The average Bonchev–Trinajstić information content (AvgIpc) is 3.34. The Labute approximate surface area is 151 Å². The van der Waals surface area contributed by atoms with Crippen LogP contribution >= 0.6 is 11.3 Å². The molecule has 0 spiro atoms. The summed E-state index contributed by atoms with van der Waals surface area (Å²) in [6.45, 7) is 1.70. The number of thiazole rings is 1. The standard InChI is InChI=1S/C17H16F3N3O2S/c1-10-8-21-16(26-10)22-14(24)9-23(13-6-7-13)15(25)11-2-4-12(5-3-11)17(18,19)20/h2-5,8,13H,6-7,9H2,1H3,(H,21,22,24). The lowest BCUT2D eigenvalue weighted by molar-refractivity contribution is -0.137. The molecule has 0 unspecified atom stereocenters. The highest BCUT2D eigenvalue weighted by atomic mass is 32.1. The van der Waals surface area contributed by atoms with Gasteiger partial charge in [-0.3, -0.25) is 9.59 Å². The van der Waals surface area contributed by atoms with E-state index in [1.54, 1.807) is 6.20 Å². The SMILES string of the molecule is Cc1cnc(NC(=O)CN(C(=O)c2ccc(C(F)(F)F)cc2)C2CC2)s1. The predicted octanol–water partition coefficient (Wildman–Crippen LogP) is 3.71. The maximum Gasteiger partial charge on any atom is 0.416 e. The van der Waals surface area contributed by atoms with Gasteiger partial charge in [0.15, 0.2) is 5.13 Å². The number of anilines is 1. The van der Waals surface area contributed by atoms with Gasteiger partial charge in [-0.2, -0.15) is 13.2 Å². The Kier molecular flexibility index (Phi) is 4.99. The lowest BCUT2D eigenvalue weighted by Gasteiger charge is -2.22. The molecule has 0 bridgehead atoms. The summed E-state index contributed by atoms with van der Waals surface area (Å²) in [6.07, 6.45) is -1.28. The van der Waals surface area contributed by atoms with E-state index in [4.69, 9.17) is 0 Å². The zero-order valence-electron chi connectivity index (χ0n) is 13.8. The molecular formula is C17H16F3N3O2S. The minimum atomic E-state index is -4.45. The van der Waals surface area contributed by atoms with Crippen LogP contribution in [0.5, 0.6) is 0 Å². The van der Waals surface area contributed by atoms with Crippen molar-refractivity contribution in [2.24, 2.45) is 0 Å². The quantitative estimate of drug-likeness (QED) is 0.856. The highest BCUT2D eigenvalue weighted by Crippen LogP contribution is 2.31. The second kappa shape index (κ2) is 7.06. The monoisotopic (exact) mass is 383 g/mol. The van der Waals surface area contributed by atoms with Gasteiger partial charge in [-0.1, -0.05) is 0 Å². The summed E-state index contributed by atoms with van der Waals surface area (Å²) in [4.78, 5) is 31.2. The molecule has 138 valence electrons. The van der Waals surface area contributed by atoms with Crippen molar-refractivity contribution in [1.82, 2.24) is 9.88 Å². The fourth-order valence-electron chi connectivity index (χ4n) is 2.45. The van der Waals surface area contributed by atoms with Crippen molar-refractivity contribution in [2.45, 2.75) is 32.0 Å². The molecule has 1 fully saturated rings. The second-order valence-corrected chi connectivity index (χ2v) is 7.30. The van der Waals surface area contributed by atoms with Crippen molar-refractivity contribution in [2.75, 3.05) is 11.9 Å². The number of alkyl halides is 3. The molecular weight excluding hydrogens is 367 g/mol. The zero-order chi connectivity index (χ0) is 18.9. The fraction of sp³-hybridized carbons (Fsp3) is 0.353. The average molecular weight is 383 g/mol. The lowest BCUT2D eigenvalue weighted by atomic mass is 10.1. The number of amides is 2. The summed E-state index contributed by atoms with van der Waals surface area (Å²) in [6, 6.07) is 3.96. The maximum absolute atomic E-state index is 12.6. The highest BCUT2D eigenvalue weighted by molar-refractivity contribution is 7.15. The van der Waals surface area contributed by atoms with Crippen molar-refractivity contribution >= 4 is 28.3 Å². The number of hydrogen-bond acceptors (Lipinski definition) is 4. The first kappa shape index (κ1) is 18.4. The Morgan fingerprint density at radius 3 is 2.42 bits per heavy atom. The number of benzene rings is 1. The molecule has 9 heteroatoms. The number of nitrogens with zero attached hydrogens (tertiary/aromatic N) is 2. The summed E-state index contributed by atoms with van der Waals surface area (Å²) in [5, 5.41) is 3.09. The first-order valence-electron chi connectivity index (χ1n) is 7.94. The van der Waals surface area contributed by atoms with Crippen LogP contribution in [0.1, 0.15) is 33.6 Å². The third-order valence-corrected chi connectivity index (χ3v) is 4.72. The van der Waals surface area contributed by atoms with Gasteiger partial charge in [-0.25, -0.2) is 4.98 Å². The largest absolute Gasteiger partial charge is 0.416 e. The summed E-state index contributed by atoms with van der Waals surface area (Å²) >= 11 is 1.32. The molecule has 1 saturated carbocycles. The molecule has 1 aromatic heterocycles. The van der Waals surface area contributed by atoms with E-state index in [1.165, 1.54) is 16.2 Å². The normalized spacial score (nSPS) is 14.2. The fourth-order valence-corrected chi connectivity index (χ4v) is 3.13. The molecule has 2 amide bonds. The first-order valence-corrected chi connectivity index (χ1v) is 8.76. The van der Waals surface area contributed by atoms with E-state index in [-0.39, 0.29) is 24.1 Å². The van der Waals surface area contributed by atoms with Gasteiger partial charge >= 0.3 is 6.18 Å². The first-order chi connectivity index (χ1) is 12.2. The molecule has 1 aliphatic carbocycles. The van der Waals surface area contributed by atoms with Gasteiger partial charge in [-0.05, 0) is 44.0 Å². The molecule has 1 N–H and O–H groups in total. The van der Waals surface area contributed by atoms with Gasteiger partial charge in [0.2, 0.25) is 5.91 Å². The zero-order valence-corrected chi connectivity index (χ0v) is 14.7. The number of carbonyl (C=O) groups is 2. The van der Waals surface area contributed by atoms with E-state index < -0.39 is 17.6 Å². The third kappa shape index (κ3) is 4.40. The molecule has 26 heavy (non-hydrogen) atoms. The summed E-state index contributed by atoms with van der Waals surface area (Å²) < 4.78 is 37.9. The highest BCUT2D eigenvalue weighted by Gasteiger charge is 2.35. The van der Waals surface area contributed by atoms with Crippen molar-refractivity contribution in [3.8, 4) is 0 Å². The molecule has 1 aliphatic rings. The van der Waals surface area contributed by atoms with Crippen LogP contribution in [0.3, 0.4) is 0 Å². The van der Waals surface area contributed by atoms with Crippen LogP contribution in [0.15, 0.2) is 30.5 Å². The number of aryl methyl sites for hydroxylation is 1. The number of rotatable bonds is 5. The van der Waals surface area contributed by atoms with Gasteiger partial charge in [0.05, 0.1) is 5.56 Å². The van der Waals surface area contributed by atoms with E-state index in [2.05, 4.69) is 10.3 Å².